The predicted molar refractivity (Wildman–Crippen MR) is 121 cm³/mol. The topological polar surface area (TPSA) is 111 Å². The van der Waals surface area contributed by atoms with Crippen molar-refractivity contribution < 1.29 is 17.4 Å². The number of aromatic nitrogens is 1. The van der Waals surface area contributed by atoms with E-state index in [1.54, 1.807) is 24.3 Å². The Balaban J connectivity index is 1.75. The maximum Gasteiger partial charge on any atom is 0.380 e. The summed E-state index contributed by atoms with van der Waals surface area (Å²) in [6, 6.07) is 13.3. The average molecular weight is 480 g/mol. The van der Waals surface area contributed by atoms with Crippen LogP contribution in [0, 0.1) is 0 Å². The van der Waals surface area contributed by atoms with Crippen molar-refractivity contribution in [3.05, 3.63) is 80.8 Å². The second kappa shape index (κ2) is 10.2. The number of nitrogens with one attached hydrogen (secondary N) is 1. The Morgan fingerprint density at radius 1 is 1.23 bits per heavy atom. The van der Waals surface area contributed by atoms with Crippen LogP contribution in [0.5, 0.6) is 5.75 Å². The first kappa shape index (κ1) is 23.2. The first-order chi connectivity index (χ1) is 14.7. The van der Waals surface area contributed by atoms with E-state index < -0.39 is 10.3 Å². The lowest BCUT2D eigenvalue weighted by Gasteiger charge is -2.17. The summed E-state index contributed by atoms with van der Waals surface area (Å²) >= 11 is 7.51. The van der Waals surface area contributed by atoms with Crippen LogP contribution in [0.2, 0.25) is 5.02 Å². The molecule has 3 rings (SSSR count). The number of nitrogens with two attached hydrogens (primary N) is 1. The minimum Gasteiger partial charge on any atom is -0.371 e. The van der Waals surface area contributed by atoms with Crippen LogP contribution in [0.3, 0.4) is 0 Å². The van der Waals surface area contributed by atoms with E-state index in [1.807, 2.05) is 24.4 Å². The SMILES string of the molecule is CCc1csc([C@H](Cc2ccc(OS(N)(=O)=O)cc2)NC(=O)Cc2cccc(Cl)c2)n1. The number of carbonyl (C=O) groups excluding carboxylic acids is 1. The molecule has 1 atom stereocenters. The van der Waals surface area contributed by atoms with Crippen molar-refractivity contribution in [1.29, 1.82) is 0 Å². The molecule has 7 nitrogen and oxygen atoms in total. The number of thiazole rings is 1. The molecule has 31 heavy (non-hydrogen) atoms. The van der Waals surface area contributed by atoms with Crippen molar-refractivity contribution in [2.75, 3.05) is 0 Å². The van der Waals surface area contributed by atoms with Crippen LogP contribution in [0.15, 0.2) is 53.9 Å². The lowest BCUT2D eigenvalue weighted by Crippen LogP contribution is -2.31. The summed E-state index contributed by atoms with van der Waals surface area (Å²) in [4.78, 5) is 17.3. The third kappa shape index (κ3) is 7.32. The molecule has 0 saturated heterocycles. The average Bonchev–Trinajstić information content (AvgIpc) is 3.17. The number of benzene rings is 2. The van der Waals surface area contributed by atoms with Gasteiger partial charge in [0.05, 0.1) is 18.2 Å². The number of halogens is 1. The highest BCUT2D eigenvalue weighted by atomic mass is 35.5. The number of hydrogen-bond donors (Lipinski definition) is 2. The molecule has 1 amide bonds. The summed E-state index contributed by atoms with van der Waals surface area (Å²) in [5.41, 5.74) is 2.66. The third-order valence-electron chi connectivity index (χ3n) is 4.39. The van der Waals surface area contributed by atoms with Gasteiger partial charge in [0, 0.05) is 10.4 Å². The number of aryl methyl sites for hydroxylation is 1. The summed E-state index contributed by atoms with van der Waals surface area (Å²) in [6.07, 6.45) is 1.48. The molecule has 3 aromatic rings. The van der Waals surface area contributed by atoms with Gasteiger partial charge in [0.15, 0.2) is 0 Å². The molecule has 1 heterocycles. The first-order valence-corrected chi connectivity index (χ1v) is 12.2. The van der Waals surface area contributed by atoms with Crippen molar-refractivity contribution in [2.45, 2.75) is 32.2 Å². The van der Waals surface area contributed by atoms with Crippen LogP contribution < -0.4 is 14.6 Å². The predicted octanol–water partition coefficient (Wildman–Crippen LogP) is 3.58. The number of nitrogens with zero attached hydrogens (tertiary/aromatic N) is 1. The molecule has 10 heteroatoms. The van der Waals surface area contributed by atoms with E-state index in [4.69, 9.17) is 16.7 Å². The van der Waals surface area contributed by atoms with Crippen LogP contribution in [-0.4, -0.2) is 19.3 Å². The normalized spacial score (nSPS) is 12.4. The fraction of sp³-hybridized carbons (Fsp3) is 0.238. The zero-order valence-electron chi connectivity index (χ0n) is 16.7. The van der Waals surface area contributed by atoms with E-state index in [9.17, 15) is 13.2 Å². The van der Waals surface area contributed by atoms with Crippen molar-refractivity contribution in [1.82, 2.24) is 10.3 Å². The summed E-state index contributed by atoms with van der Waals surface area (Å²) in [7, 11) is -4.08. The number of amides is 1. The maximum atomic E-state index is 12.7. The minimum atomic E-state index is -4.08. The van der Waals surface area contributed by atoms with Gasteiger partial charge in [-0.25, -0.2) is 4.98 Å². The van der Waals surface area contributed by atoms with Crippen LogP contribution >= 0.6 is 22.9 Å². The van der Waals surface area contributed by atoms with Gasteiger partial charge in [0.25, 0.3) is 0 Å². The van der Waals surface area contributed by atoms with Crippen molar-refractivity contribution in [2.24, 2.45) is 5.14 Å². The van der Waals surface area contributed by atoms with Gasteiger partial charge >= 0.3 is 10.3 Å². The third-order valence-corrected chi connectivity index (χ3v) is 6.06. The number of carbonyl (C=O) groups is 1. The van der Waals surface area contributed by atoms with Crippen molar-refractivity contribution in [3.63, 3.8) is 0 Å². The standard InChI is InChI=1S/C21H22ClN3O4S2/c1-2-17-13-30-21(24-17)19(25-20(26)12-15-4-3-5-16(22)10-15)11-14-6-8-18(9-7-14)29-31(23,27)28/h3-10,13,19H,2,11-12H2,1H3,(H,25,26)(H2,23,27,28)/t19-/m0/s1. The summed E-state index contributed by atoms with van der Waals surface area (Å²) in [5.74, 6) is -0.0231. The highest BCUT2D eigenvalue weighted by molar-refractivity contribution is 7.84. The van der Waals surface area contributed by atoms with E-state index in [0.29, 0.717) is 11.4 Å². The first-order valence-electron chi connectivity index (χ1n) is 9.51. The van der Waals surface area contributed by atoms with Gasteiger partial charge in [-0.2, -0.15) is 13.6 Å². The Morgan fingerprint density at radius 2 is 1.97 bits per heavy atom. The fourth-order valence-electron chi connectivity index (χ4n) is 2.97. The fourth-order valence-corrected chi connectivity index (χ4v) is 4.52. The molecule has 0 bridgehead atoms. The summed E-state index contributed by atoms with van der Waals surface area (Å²) in [6.45, 7) is 2.02. The molecule has 2 aromatic carbocycles. The maximum absolute atomic E-state index is 12.7. The molecule has 0 fully saturated rings. The van der Waals surface area contributed by atoms with Gasteiger partial charge in [-0.05, 0) is 48.2 Å². The lowest BCUT2D eigenvalue weighted by molar-refractivity contribution is -0.121. The Labute approximate surface area is 190 Å². The van der Waals surface area contributed by atoms with Crippen LogP contribution in [0.4, 0.5) is 0 Å². The van der Waals surface area contributed by atoms with E-state index in [2.05, 4.69) is 14.5 Å². The highest BCUT2D eigenvalue weighted by Crippen LogP contribution is 2.24. The van der Waals surface area contributed by atoms with E-state index in [1.165, 1.54) is 23.5 Å². The molecule has 0 unspecified atom stereocenters. The minimum absolute atomic E-state index is 0.121. The number of hydrogen-bond acceptors (Lipinski definition) is 6. The largest absolute Gasteiger partial charge is 0.380 e. The number of rotatable bonds is 9. The smallest absolute Gasteiger partial charge is 0.371 e. The van der Waals surface area contributed by atoms with E-state index >= 15 is 0 Å². The quantitative estimate of drug-likeness (QED) is 0.487. The van der Waals surface area contributed by atoms with Crippen molar-refractivity contribution in [3.8, 4) is 5.75 Å². The second-order valence-corrected chi connectivity index (χ2v) is 9.36. The molecule has 0 aliphatic heterocycles. The molecule has 3 N–H and O–H groups in total. The van der Waals surface area contributed by atoms with Gasteiger partial charge in [0.2, 0.25) is 5.91 Å². The van der Waals surface area contributed by atoms with E-state index in [-0.39, 0.29) is 24.1 Å². The van der Waals surface area contributed by atoms with Crippen LogP contribution in [0.25, 0.3) is 0 Å². The Hall–Kier alpha value is -2.46. The molecule has 164 valence electrons. The van der Waals surface area contributed by atoms with Gasteiger partial charge in [0.1, 0.15) is 10.8 Å². The molecule has 0 radical (unpaired) electrons. The van der Waals surface area contributed by atoms with E-state index in [0.717, 1.165) is 28.2 Å². The molecule has 0 aliphatic carbocycles. The van der Waals surface area contributed by atoms with Gasteiger partial charge in [-0.3, -0.25) is 4.79 Å². The highest BCUT2D eigenvalue weighted by Gasteiger charge is 2.19. The van der Waals surface area contributed by atoms with Gasteiger partial charge in [-0.1, -0.05) is 42.8 Å². The molecular weight excluding hydrogens is 458 g/mol. The summed E-state index contributed by atoms with van der Waals surface area (Å²) in [5, 5.41) is 11.3. The monoisotopic (exact) mass is 479 g/mol. The van der Waals surface area contributed by atoms with Gasteiger partial charge < -0.3 is 9.50 Å². The lowest BCUT2D eigenvalue weighted by atomic mass is 10.1. The Kier molecular flexibility index (Phi) is 7.66. The van der Waals surface area contributed by atoms with Crippen LogP contribution in [-0.2, 0) is 34.4 Å². The molecule has 0 saturated carbocycles. The summed E-state index contributed by atoms with van der Waals surface area (Å²) < 4.78 is 26.8. The zero-order chi connectivity index (χ0) is 22.4. The molecular formula is C21H22ClN3O4S2. The Bertz CT molecular complexity index is 1150. The molecule has 0 spiro atoms. The molecule has 0 aliphatic rings. The van der Waals surface area contributed by atoms with Crippen molar-refractivity contribution >= 4 is 39.1 Å². The van der Waals surface area contributed by atoms with Crippen LogP contribution in [0.1, 0.15) is 34.8 Å². The Morgan fingerprint density at radius 3 is 2.58 bits per heavy atom. The zero-order valence-corrected chi connectivity index (χ0v) is 19.1. The molecule has 1 aromatic heterocycles. The second-order valence-electron chi connectivity index (χ2n) is 6.88. The van der Waals surface area contributed by atoms with Gasteiger partial charge in [-0.15, -0.1) is 11.3 Å².